The normalized spacial score (nSPS) is 15.9. The number of hydrogen-bond acceptors (Lipinski definition) is 6. The van der Waals surface area contributed by atoms with E-state index in [1.54, 1.807) is 0 Å². The number of carbonyl (C=O) groups is 2. The second-order valence-electron chi connectivity index (χ2n) is 6.84. The highest BCUT2D eigenvalue weighted by Gasteiger charge is 2.23. The highest BCUT2D eigenvalue weighted by molar-refractivity contribution is 7.14. The molecule has 27 heavy (non-hydrogen) atoms. The number of nitro groups is 1. The number of fused-ring (bicyclic) bond motifs is 1. The van der Waals surface area contributed by atoms with Gasteiger partial charge in [-0.2, -0.15) is 5.10 Å². The molecular formula is C17H21N5O4S. The zero-order chi connectivity index (χ0) is 19.7. The van der Waals surface area contributed by atoms with Crippen molar-refractivity contribution in [3.05, 3.63) is 42.9 Å². The first-order valence-electron chi connectivity index (χ1n) is 8.65. The number of nitrogens with one attached hydrogen (secondary N) is 2. The van der Waals surface area contributed by atoms with Crippen molar-refractivity contribution < 1.29 is 14.5 Å². The molecule has 144 valence electrons. The molecule has 2 aromatic heterocycles. The molecule has 0 aromatic carbocycles. The van der Waals surface area contributed by atoms with Gasteiger partial charge in [0.15, 0.2) is 0 Å². The van der Waals surface area contributed by atoms with Crippen LogP contribution in [0.4, 0.5) is 5.69 Å². The van der Waals surface area contributed by atoms with Gasteiger partial charge in [0, 0.05) is 4.88 Å². The SMILES string of the molecule is Cc1nn(CC(=O)NNC(=O)c2cc3c(s2)CCC(C)C3)c(C)c1[N+](=O)[O-]. The molecule has 0 saturated carbocycles. The molecule has 0 radical (unpaired) electrons. The Morgan fingerprint density at radius 1 is 1.41 bits per heavy atom. The average Bonchev–Trinajstić information content (AvgIpc) is 3.13. The van der Waals surface area contributed by atoms with Gasteiger partial charge in [0.25, 0.3) is 11.8 Å². The first-order chi connectivity index (χ1) is 12.8. The molecule has 1 aliphatic carbocycles. The summed E-state index contributed by atoms with van der Waals surface area (Å²) in [5, 5.41) is 15.0. The Bertz CT molecular complexity index is 917. The zero-order valence-corrected chi connectivity index (χ0v) is 16.2. The molecule has 10 heteroatoms. The summed E-state index contributed by atoms with van der Waals surface area (Å²) in [6.45, 7) is 5.02. The molecule has 1 aliphatic rings. The Kier molecular flexibility index (Phi) is 5.26. The third-order valence-corrected chi connectivity index (χ3v) is 5.92. The number of hydrazine groups is 1. The van der Waals surface area contributed by atoms with E-state index >= 15 is 0 Å². The van der Waals surface area contributed by atoms with Gasteiger partial charge >= 0.3 is 5.69 Å². The van der Waals surface area contributed by atoms with Crippen molar-refractivity contribution in [2.45, 2.75) is 46.6 Å². The molecule has 2 amide bonds. The topological polar surface area (TPSA) is 119 Å². The lowest BCUT2D eigenvalue weighted by atomic mass is 9.90. The van der Waals surface area contributed by atoms with E-state index in [1.165, 1.54) is 40.3 Å². The van der Waals surface area contributed by atoms with Crippen LogP contribution in [-0.2, 0) is 24.2 Å². The summed E-state index contributed by atoms with van der Waals surface area (Å²) in [4.78, 5) is 36.7. The highest BCUT2D eigenvalue weighted by atomic mass is 32.1. The monoisotopic (exact) mass is 391 g/mol. The van der Waals surface area contributed by atoms with Crippen molar-refractivity contribution in [3.8, 4) is 0 Å². The van der Waals surface area contributed by atoms with Crippen LogP contribution in [0.15, 0.2) is 6.07 Å². The van der Waals surface area contributed by atoms with Crippen molar-refractivity contribution in [1.82, 2.24) is 20.6 Å². The summed E-state index contributed by atoms with van der Waals surface area (Å²) < 4.78 is 1.25. The minimum Gasteiger partial charge on any atom is -0.271 e. The number of aromatic nitrogens is 2. The smallest absolute Gasteiger partial charge is 0.271 e. The van der Waals surface area contributed by atoms with Crippen LogP contribution in [0.3, 0.4) is 0 Å². The van der Waals surface area contributed by atoms with Crippen molar-refractivity contribution in [3.63, 3.8) is 0 Å². The fraction of sp³-hybridized carbons (Fsp3) is 0.471. The number of carbonyl (C=O) groups excluding carboxylic acids is 2. The van der Waals surface area contributed by atoms with Gasteiger partial charge in [0.2, 0.25) is 0 Å². The number of rotatable bonds is 4. The number of amides is 2. The lowest BCUT2D eigenvalue weighted by molar-refractivity contribution is -0.386. The lowest BCUT2D eigenvalue weighted by Crippen LogP contribution is -2.43. The maximum absolute atomic E-state index is 12.3. The van der Waals surface area contributed by atoms with Crippen LogP contribution >= 0.6 is 11.3 Å². The van der Waals surface area contributed by atoms with Gasteiger partial charge in [-0.3, -0.25) is 35.2 Å². The van der Waals surface area contributed by atoms with Crippen LogP contribution in [0.5, 0.6) is 0 Å². The van der Waals surface area contributed by atoms with Gasteiger partial charge in [-0.15, -0.1) is 11.3 Å². The third kappa shape index (κ3) is 4.00. The molecule has 0 saturated heterocycles. The van der Waals surface area contributed by atoms with Crippen LogP contribution in [0.25, 0.3) is 0 Å². The maximum Gasteiger partial charge on any atom is 0.312 e. The van der Waals surface area contributed by atoms with Crippen molar-refractivity contribution in [1.29, 1.82) is 0 Å². The molecule has 3 rings (SSSR count). The maximum atomic E-state index is 12.3. The standard InChI is InChI=1S/C17H21N5O4S/c1-9-4-5-13-12(6-9)7-14(27-13)17(24)19-18-15(23)8-21-11(3)16(22(25)26)10(2)20-21/h7,9H,4-6,8H2,1-3H3,(H,18,23)(H,19,24). The molecule has 2 N–H and O–H groups in total. The van der Waals surface area contributed by atoms with Crippen LogP contribution in [0.2, 0.25) is 0 Å². The summed E-state index contributed by atoms with van der Waals surface area (Å²) in [6, 6.07) is 1.89. The first-order valence-corrected chi connectivity index (χ1v) is 9.47. The fourth-order valence-corrected chi connectivity index (χ4v) is 4.39. The lowest BCUT2D eigenvalue weighted by Gasteiger charge is -2.16. The van der Waals surface area contributed by atoms with E-state index < -0.39 is 10.8 Å². The summed E-state index contributed by atoms with van der Waals surface area (Å²) in [5.74, 6) is -0.263. The van der Waals surface area contributed by atoms with Gasteiger partial charge in [-0.25, -0.2) is 0 Å². The quantitative estimate of drug-likeness (QED) is 0.611. The highest BCUT2D eigenvalue weighted by Crippen LogP contribution is 2.32. The molecule has 1 unspecified atom stereocenters. The van der Waals surface area contributed by atoms with Crippen molar-refractivity contribution in [2.75, 3.05) is 0 Å². The van der Waals surface area contributed by atoms with E-state index in [1.807, 2.05) is 6.07 Å². The number of nitrogens with zero attached hydrogens (tertiary/aromatic N) is 3. The van der Waals surface area contributed by atoms with E-state index in [4.69, 9.17) is 0 Å². The van der Waals surface area contributed by atoms with Crippen LogP contribution in [-0.4, -0.2) is 26.5 Å². The van der Waals surface area contributed by atoms with E-state index in [-0.39, 0.29) is 23.8 Å². The molecule has 0 fully saturated rings. The van der Waals surface area contributed by atoms with Crippen LogP contribution < -0.4 is 10.9 Å². The Morgan fingerprint density at radius 3 is 2.81 bits per heavy atom. The Balaban J connectivity index is 1.59. The Morgan fingerprint density at radius 2 is 2.15 bits per heavy atom. The van der Waals surface area contributed by atoms with E-state index in [0.29, 0.717) is 16.5 Å². The van der Waals surface area contributed by atoms with Gasteiger partial charge in [0.05, 0.1) is 9.80 Å². The third-order valence-electron chi connectivity index (χ3n) is 4.69. The molecule has 2 heterocycles. The molecule has 2 aromatic rings. The first kappa shape index (κ1) is 19.0. The van der Waals surface area contributed by atoms with E-state index in [0.717, 1.165) is 19.3 Å². The predicted octanol–water partition coefficient (Wildman–Crippen LogP) is 2.06. The predicted molar refractivity (Wildman–Crippen MR) is 99.5 cm³/mol. The average molecular weight is 391 g/mol. The van der Waals surface area contributed by atoms with Gasteiger partial charge in [-0.05, 0) is 50.7 Å². The fourth-order valence-electron chi connectivity index (χ4n) is 3.29. The Labute approximate surface area is 159 Å². The number of thiophene rings is 1. The second-order valence-corrected chi connectivity index (χ2v) is 7.98. The molecular weight excluding hydrogens is 370 g/mol. The molecule has 9 nitrogen and oxygen atoms in total. The number of hydrogen-bond donors (Lipinski definition) is 2. The van der Waals surface area contributed by atoms with Crippen molar-refractivity contribution in [2.24, 2.45) is 5.92 Å². The van der Waals surface area contributed by atoms with Crippen LogP contribution in [0.1, 0.15) is 44.8 Å². The zero-order valence-electron chi connectivity index (χ0n) is 15.4. The van der Waals surface area contributed by atoms with E-state index in [2.05, 4.69) is 22.9 Å². The number of aryl methyl sites for hydroxylation is 2. The van der Waals surface area contributed by atoms with Gasteiger partial charge in [-0.1, -0.05) is 6.92 Å². The minimum atomic E-state index is -0.521. The van der Waals surface area contributed by atoms with Gasteiger partial charge in [0.1, 0.15) is 17.9 Å². The summed E-state index contributed by atoms with van der Waals surface area (Å²) in [5.41, 5.74) is 6.38. The summed E-state index contributed by atoms with van der Waals surface area (Å²) in [6.07, 6.45) is 3.08. The van der Waals surface area contributed by atoms with Crippen LogP contribution in [0, 0.1) is 29.9 Å². The molecule has 0 aliphatic heterocycles. The second kappa shape index (κ2) is 7.47. The van der Waals surface area contributed by atoms with Crippen molar-refractivity contribution >= 4 is 28.8 Å². The summed E-state index contributed by atoms with van der Waals surface area (Å²) in [7, 11) is 0. The van der Waals surface area contributed by atoms with E-state index in [9.17, 15) is 19.7 Å². The molecule has 0 spiro atoms. The Hall–Kier alpha value is -2.75. The molecule has 1 atom stereocenters. The minimum absolute atomic E-state index is 0.106. The molecule has 0 bridgehead atoms. The summed E-state index contributed by atoms with van der Waals surface area (Å²) >= 11 is 1.46. The van der Waals surface area contributed by atoms with Gasteiger partial charge < -0.3 is 0 Å². The largest absolute Gasteiger partial charge is 0.312 e.